The monoisotopic (exact) mass is 528 g/mol. The zero-order valence-electron chi connectivity index (χ0n) is 23.0. The molecule has 1 aliphatic rings. The highest BCUT2D eigenvalue weighted by Crippen LogP contribution is 2.40. The Kier molecular flexibility index (Phi) is 9.04. The molecule has 7 heteroatoms. The number of aliphatic hydroxyl groups excluding tert-OH is 1. The minimum Gasteiger partial charge on any atom is -0.507 e. The van der Waals surface area contributed by atoms with Crippen LogP contribution < -0.4 is 9.47 Å². The summed E-state index contributed by atoms with van der Waals surface area (Å²) in [6.45, 7) is 9.25. The van der Waals surface area contributed by atoms with E-state index in [0.717, 1.165) is 29.8 Å². The van der Waals surface area contributed by atoms with E-state index in [-0.39, 0.29) is 11.3 Å². The van der Waals surface area contributed by atoms with Crippen molar-refractivity contribution in [1.29, 1.82) is 0 Å². The van der Waals surface area contributed by atoms with E-state index < -0.39 is 17.7 Å². The van der Waals surface area contributed by atoms with Gasteiger partial charge in [0, 0.05) is 18.7 Å². The number of aliphatic hydroxyl groups is 1. The SMILES string of the molecule is CCN(CC)CCN1C(=O)C(=O)/C(=C(/O)c2ccc(OCc3cccc(C)c3)cc2)C1c1ccc(OC)cc1. The Morgan fingerprint density at radius 2 is 1.62 bits per heavy atom. The lowest BCUT2D eigenvalue weighted by Gasteiger charge is -2.28. The summed E-state index contributed by atoms with van der Waals surface area (Å²) in [5.41, 5.74) is 3.48. The Bertz CT molecular complexity index is 1330. The molecule has 0 aliphatic carbocycles. The molecule has 0 saturated carbocycles. The molecule has 1 unspecified atom stereocenters. The average Bonchev–Trinajstić information content (AvgIpc) is 3.21. The first kappa shape index (κ1) is 27.9. The van der Waals surface area contributed by atoms with Crippen LogP contribution in [0.3, 0.4) is 0 Å². The van der Waals surface area contributed by atoms with Crippen molar-refractivity contribution < 1.29 is 24.2 Å². The predicted octanol–water partition coefficient (Wildman–Crippen LogP) is 5.35. The fourth-order valence-corrected chi connectivity index (χ4v) is 4.87. The molecular formula is C32H36N2O5. The van der Waals surface area contributed by atoms with Gasteiger partial charge in [0.05, 0.1) is 18.7 Å². The Morgan fingerprint density at radius 3 is 2.23 bits per heavy atom. The zero-order chi connectivity index (χ0) is 27.9. The van der Waals surface area contributed by atoms with Crippen LogP contribution in [-0.4, -0.2) is 59.9 Å². The molecule has 1 amide bonds. The van der Waals surface area contributed by atoms with E-state index in [1.807, 2.05) is 37.3 Å². The third-order valence-electron chi connectivity index (χ3n) is 7.14. The summed E-state index contributed by atoms with van der Waals surface area (Å²) in [6.07, 6.45) is 0. The molecule has 0 spiro atoms. The lowest BCUT2D eigenvalue weighted by Crippen LogP contribution is -2.38. The molecule has 7 nitrogen and oxygen atoms in total. The van der Waals surface area contributed by atoms with Gasteiger partial charge in [0.1, 0.15) is 23.9 Å². The van der Waals surface area contributed by atoms with Crippen molar-refractivity contribution in [1.82, 2.24) is 9.80 Å². The first-order valence-corrected chi connectivity index (χ1v) is 13.3. The molecule has 3 aromatic carbocycles. The summed E-state index contributed by atoms with van der Waals surface area (Å²) < 4.78 is 11.2. The molecule has 1 fully saturated rings. The number of rotatable bonds is 11. The van der Waals surface area contributed by atoms with Crippen molar-refractivity contribution in [3.63, 3.8) is 0 Å². The van der Waals surface area contributed by atoms with Gasteiger partial charge in [-0.2, -0.15) is 0 Å². The number of Topliss-reactive ketones (excluding diaryl/α,β-unsaturated/α-hetero) is 1. The standard InChI is InChI=1S/C32H36N2O5/c1-5-33(6-2)18-19-34-29(24-10-14-26(38-4)15-11-24)28(31(36)32(34)37)30(35)25-12-16-27(17-13-25)39-21-23-9-7-8-22(3)20-23/h7-17,20,29,35H,5-6,18-19,21H2,1-4H3/b30-28+. The van der Waals surface area contributed by atoms with Crippen LogP contribution in [0.1, 0.15) is 42.1 Å². The topological polar surface area (TPSA) is 79.3 Å². The van der Waals surface area contributed by atoms with Gasteiger partial charge in [-0.3, -0.25) is 9.59 Å². The number of likely N-dealkylation sites (tertiary alicyclic amines) is 1. The fraction of sp³-hybridized carbons (Fsp3) is 0.312. The van der Waals surface area contributed by atoms with Crippen LogP contribution in [0, 0.1) is 6.92 Å². The summed E-state index contributed by atoms with van der Waals surface area (Å²) in [6, 6.07) is 21.6. The molecule has 39 heavy (non-hydrogen) atoms. The number of ketones is 1. The van der Waals surface area contributed by atoms with Gasteiger partial charge in [-0.15, -0.1) is 0 Å². The van der Waals surface area contributed by atoms with Gasteiger partial charge in [0.2, 0.25) is 0 Å². The maximum absolute atomic E-state index is 13.3. The summed E-state index contributed by atoms with van der Waals surface area (Å²) in [5.74, 6) is -0.195. The van der Waals surface area contributed by atoms with Gasteiger partial charge in [-0.25, -0.2) is 0 Å². The highest BCUT2D eigenvalue weighted by atomic mass is 16.5. The van der Waals surface area contributed by atoms with E-state index in [1.54, 1.807) is 48.4 Å². The molecule has 0 radical (unpaired) electrons. The molecular weight excluding hydrogens is 492 g/mol. The van der Waals surface area contributed by atoms with Gasteiger partial charge < -0.3 is 24.4 Å². The second-order valence-corrected chi connectivity index (χ2v) is 9.59. The second kappa shape index (κ2) is 12.6. The van der Waals surface area contributed by atoms with Crippen LogP contribution in [-0.2, 0) is 16.2 Å². The summed E-state index contributed by atoms with van der Waals surface area (Å²) in [7, 11) is 1.58. The summed E-state index contributed by atoms with van der Waals surface area (Å²) >= 11 is 0. The number of nitrogens with zero attached hydrogens (tertiary/aromatic N) is 2. The third-order valence-corrected chi connectivity index (χ3v) is 7.14. The molecule has 4 rings (SSSR count). The number of carbonyl (C=O) groups excluding carboxylic acids is 2. The number of ether oxygens (including phenoxy) is 2. The lowest BCUT2D eigenvalue weighted by molar-refractivity contribution is -0.140. The Labute approximate surface area is 230 Å². The van der Waals surface area contributed by atoms with E-state index in [9.17, 15) is 14.7 Å². The molecule has 0 aromatic heterocycles. The number of benzene rings is 3. The van der Waals surface area contributed by atoms with E-state index in [0.29, 0.717) is 36.8 Å². The van der Waals surface area contributed by atoms with Gasteiger partial charge >= 0.3 is 0 Å². The Morgan fingerprint density at radius 1 is 0.949 bits per heavy atom. The smallest absolute Gasteiger partial charge is 0.295 e. The van der Waals surface area contributed by atoms with Crippen LogP contribution in [0.25, 0.3) is 5.76 Å². The first-order chi connectivity index (χ1) is 18.9. The highest BCUT2D eigenvalue weighted by Gasteiger charge is 2.46. The average molecular weight is 529 g/mol. The van der Waals surface area contributed by atoms with E-state index in [1.165, 1.54) is 0 Å². The first-order valence-electron chi connectivity index (χ1n) is 13.3. The maximum atomic E-state index is 13.3. The zero-order valence-corrected chi connectivity index (χ0v) is 23.0. The Hall–Kier alpha value is -4.10. The van der Waals surface area contributed by atoms with Crippen molar-refractivity contribution >= 4 is 17.4 Å². The van der Waals surface area contributed by atoms with Crippen molar-refractivity contribution in [3.8, 4) is 11.5 Å². The molecule has 204 valence electrons. The molecule has 3 aromatic rings. The van der Waals surface area contributed by atoms with Crippen molar-refractivity contribution in [2.45, 2.75) is 33.4 Å². The quantitative estimate of drug-likeness (QED) is 0.205. The van der Waals surface area contributed by atoms with Crippen molar-refractivity contribution in [2.75, 3.05) is 33.3 Å². The van der Waals surface area contributed by atoms with Gasteiger partial charge in [-0.1, -0.05) is 55.8 Å². The van der Waals surface area contributed by atoms with Crippen LogP contribution in [0.2, 0.25) is 0 Å². The normalized spacial score (nSPS) is 16.6. The van der Waals surface area contributed by atoms with Gasteiger partial charge in [-0.05, 0) is 67.5 Å². The van der Waals surface area contributed by atoms with E-state index >= 15 is 0 Å². The number of amides is 1. The van der Waals surface area contributed by atoms with Crippen LogP contribution in [0.5, 0.6) is 11.5 Å². The number of aryl methyl sites for hydroxylation is 1. The highest BCUT2D eigenvalue weighted by molar-refractivity contribution is 6.46. The van der Waals surface area contributed by atoms with Crippen LogP contribution in [0.15, 0.2) is 78.4 Å². The number of likely N-dealkylation sites (N-methyl/N-ethyl adjacent to an activating group) is 1. The number of hydrogen-bond acceptors (Lipinski definition) is 6. The summed E-state index contributed by atoms with van der Waals surface area (Å²) in [4.78, 5) is 30.3. The van der Waals surface area contributed by atoms with Gasteiger partial charge in [0.25, 0.3) is 11.7 Å². The molecule has 1 N–H and O–H groups in total. The molecule has 1 saturated heterocycles. The minimum atomic E-state index is -0.705. The number of hydrogen-bond donors (Lipinski definition) is 1. The number of carbonyl (C=O) groups is 2. The maximum Gasteiger partial charge on any atom is 0.295 e. The fourth-order valence-electron chi connectivity index (χ4n) is 4.87. The molecule has 1 heterocycles. The number of methoxy groups -OCH3 is 1. The lowest BCUT2D eigenvalue weighted by atomic mass is 9.95. The molecule has 1 aliphatic heterocycles. The third kappa shape index (κ3) is 6.32. The van der Waals surface area contributed by atoms with E-state index in [2.05, 4.69) is 24.8 Å². The molecule has 0 bridgehead atoms. The van der Waals surface area contributed by atoms with Crippen molar-refractivity contribution in [2.24, 2.45) is 0 Å². The van der Waals surface area contributed by atoms with Gasteiger partial charge in [0.15, 0.2) is 0 Å². The second-order valence-electron chi connectivity index (χ2n) is 9.59. The molecule has 1 atom stereocenters. The van der Waals surface area contributed by atoms with Crippen LogP contribution in [0.4, 0.5) is 0 Å². The van der Waals surface area contributed by atoms with Crippen molar-refractivity contribution in [3.05, 3.63) is 101 Å². The minimum absolute atomic E-state index is 0.0816. The predicted molar refractivity (Wildman–Crippen MR) is 152 cm³/mol. The summed E-state index contributed by atoms with van der Waals surface area (Å²) in [5, 5.41) is 11.4. The largest absolute Gasteiger partial charge is 0.507 e. The van der Waals surface area contributed by atoms with E-state index in [4.69, 9.17) is 9.47 Å². The Balaban J connectivity index is 1.64. The van der Waals surface area contributed by atoms with Crippen LogP contribution >= 0.6 is 0 Å².